The smallest absolute Gasteiger partial charge is 0.251 e. The minimum atomic E-state index is 0.0829. The van der Waals surface area contributed by atoms with E-state index >= 15 is 0 Å². The Morgan fingerprint density at radius 2 is 1.85 bits per heavy atom. The van der Waals surface area contributed by atoms with Crippen LogP contribution >= 0.6 is 0 Å². The Balaban J connectivity index is 1.76. The summed E-state index contributed by atoms with van der Waals surface area (Å²) in [6.45, 7) is 9.16. The highest BCUT2D eigenvalue weighted by molar-refractivity contribution is 5.94. The second kappa shape index (κ2) is 4.34. The van der Waals surface area contributed by atoms with Gasteiger partial charge < -0.3 is 5.32 Å². The van der Waals surface area contributed by atoms with Crippen LogP contribution in [0.15, 0.2) is 24.3 Å². The summed E-state index contributed by atoms with van der Waals surface area (Å²) in [6.07, 6.45) is 3.70. The van der Waals surface area contributed by atoms with E-state index in [1.165, 1.54) is 18.4 Å². The predicted octanol–water partition coefficient (Wildman–Crippen LogP) is 3.94. The summed E-state index contributed by atoms with van der Waals surface area (Å²) < 4.78 is 0. The fourth-order valence-corrected chi connectivity index (χ4v) is 4.37. The Morgan fingerprint density at radius 1 is 1.20 bits per heavy atom. The summed E-state index contributed by atoms with van der Waals surface area (Å²) in [5.41, 5.74) is 2.56. The number of carbonyl (C=O) groups excluding carboxylic acids is 1. The molecule has 1 amide bonds. The van der Waals surface area contributed by atoms with Crippen molar-refractivity contribution >= 4 is 5.91 Å². The summed E-state index contributed by atoms with van der Waals surface area (Å²) in [4.78, 5) is 12.4. The molecule has 3 atom stereocenters. The van der Waals surface area contributed by atoms with Crippen molar-refractivity contribution in [1.29, 1.82) is 0 Å². The quantitative estimate of drug-likeness (QED) is 0.867. The molecule has 2 nitrogen and oxygen atoms in total. The van der Waals surface area contributed by atoms with Crippen molar-refractivity contribution in [2.45, 2.75) is 53.0 Å². The van der Waals surface area contributed by atoms with Crippen LogP contribution in [-0.2, 0) is 0 Å². The molecule has 2 heteroatoms. The van der Waals surface area contributed by atoms with E-state index in [-0.39, 0.29) is 11.3 Å². The number of amides is 1. The summed E-state index contributed by atoms with van der Waals surface area (Å²) >= 11 is 0. The van der Waals surface area contributed by atoms with Gasteiger partial charge in [0.2, 0.25) is 0 Å². The van der Waals surface area contributed by atoms with Gasteiger partial charge in [-0.2, -0.15) is 0 Å². The molecule has 0 heterocycles. The number of nitrogens with one attached hydrogen (secondary N) is 1. The van der Waals surface area contributed by atoms with E-state index in [4.69, 9.17) is 0 Å². The maximum atomic E-state index is 12.4. The monoisotopic (exact) mass is 271 g/mol. The van der Waals surface area contributed by atoms with Gasteiger partial charge in [-0.1, -0.05) is 38.5 Å². The van der Waals surface area contributed by atoms with Crippen LogP contribution in [-0.4, -0.2) is 11.9 Å². The molecular formula is C18H25NO. The van der Waals surface area contributed by atoms with Gasteiger partial charge in [-0.15, -0.1) is 0 Å². The molecule has 1 aromatic carbocycles. The largest absolute Gasteiger partial charge is 0.349 e. The van der Waals surface area contributed by atoms with E-state index in [1.54, 1.807) is 0 Å². The van der Waals surface area contributed by atoms with Gasteiger partial charge in [-0.25, -0.2) is 0 Å². The fourth-order valence-electron chi connectivity index (χ4n) is 4.37. The van der Waals surface area contributed by atoms with Crippen LogP contribution in [0.4, 0.5) is 0 Å². The molecule has 0 aliphatic heterocycles. The maximum absolute atomic E-state index is 12.4. The van der Waals surface area contributed by atoms with E-state index in [1.807, 2.05) is 31.2 Å². The summed E-state index contributed by atoms with van der Waals surface area (Å²) in [7, 11) is 0. The number of aryl methyl sites for hydroxylation is 1. The van der Waals surface area contributed by atoms with Crippen molar-refractivity contribution in [1.82, 2.24) is 5.32 Å². The molecule has 20 heavy (non-hydrogen) atoms. The minimum absolute atomic E-state index is 0.0829. The first-order valence-electron chi connectivity index (χ1n) is 7.72. The normalized spacial score (nSPS) is 34.2. The van der Waals surface area contributed by atoms with Gasteiger partial charge in [0.15, 0.2) is 0 Å². The number of benzene rings is 1. The molecule has 108 valence electrons. The lowest BCUT2D eigenvalue weighted by atomic mass is 9.69. The van der Waals surface area contributed by atoms with Crippen molar-refractivity contribution in [2.75, 3.05) is 0 Å². The van der Waals surface area contributed by atoms with E-state index < -0.39 is 0 Å². The third kappa shape index (κ3) is 1.81. The molecule has 1 aromatic rings. The Morgan fingerprint density at radius 3 is 2.35 bits per heavy atom. The molecule has 2 bridgehead atoms. The highest BCUT2D eigenvalue weighted by Gasteiger charge is 2.61. The second-order valence-corrected chi connectivity index (χ2v) is 7.50. The van der Waals surface area contributed by atoms with Crippen LogP contribution in [0.2, 0.25) is 0 Å². The molecule has 0 spiro atoms. The van der Waals surface area contributed by atoms with Gasteiger partial charge in [0.25, 0.3) is 5.91 Å². The van der Waals surface area contributed by atoms with Crippen molar-refractivity contribution in [3.63, 3.8) is 0 Å². The van der Waals surface area contributed by atoms with Gasteiger partial charge in [0, 0.05) is 11.6 Å². The number of hydrogen-bond donors (Lipinski definition) is 1. The second-order valence-electron chi connectivity index (χ2n) is 7.50. The number of fused-ring (bicyclic) bond motifs is 2. The fraction of sp³-hybridized carbons (Fsp3) is 0.611. The highest BCUT2D eigenvalue weighted by Crippen LogP contribution is 2.65. The molecular weight excluding hydrogens is 246 g/mol. The third-order valence-electron chi connectivity index (χ3n) is 6.41. The van der Waals surface area contributed by atoms with Crippen molar-refractivity contribution in [3.8, 4) is 0 Å². The van der Waals surface area contributed by atoms with Crippen LogP contribution in [0.3, 0.4) is 0 Å². The van der Waals surface area contributed by atoms with E-state index in [9.17, 15) is 4.79 Å². The van der Waals surface area contributed by atoms with Gasteiger partial charge >= 0.3 is 0 Å². The molecule has 3 rings (SSSR count). The van der Waals surface area contributed by atoms with Crippen molar-refractivity contribution in [2.24, 2.45) is 16.7 Å². The van der Waals surface area contributed by atoms with Gasteiger partial charge in [-0.3, -0.25) is 4.79 Å². The first-order valence-corrected chi connectivity index (χ1v) is 7.72. The van der Waals surface area contributed by atoms with Crippen LogP contribution in [0, 0.1) is 23.7 Å². The Hall–Kier alpha value is -1.31. The summed E-state index contributed by atoms with van der Waals surface area (Å²) in [5.74, 6) is 0.843. The van der Waals surface area contributed by atoms with Crippen LogP contribution in [0.1, 0.15) is 56.0 Å². The molecule has 2 aliphatic rings. The lowest BCUT2D eigenvalue weighted by molar-refractivity contribution is 0.0826. The molecule has 0 saturated heterocycles. The zero-order valence-corrected chi connectivity index (χ0v) is 13.0. The average molecular weight is 271 g/mol. The van der Waals surface area contributed by atoms with Crippen molar-refractivity contribution in [3.05, 3.63) is 35.4 Å². The first-order chi connectivity index (χ1) is 9.34. The first kappa shape index (κ1) is 13.7. The van der Waals surface area contributed by atoms with E-state index in [0.29, 0.717) is 11.5 Å². The Kier molecular flexibility index (Phi) is 2.97. The topological polar surface area (TPSA) is 29.1 Å². The van der Waals surface area contributed by atoms with Gasteiger partial charge in [0.05, 0.1) is 0 Å². The maximum Gasteiger partial charge on any atom is 0.251 e. The van der Waals surface area contributed by atoms with Crippen LogP contribution in [0.25, 0.3) is 0 Å². The standard InChI is InChI=1S/C18H25NO/c1-12-5-7-13(8-6-12)16(20)19-15-11-14-9-10-18(15,4)17(14,2)3/h5-8,14-15H,9-11H2,1-4H3,(H,19,20)/t14-,15-,18+/m0/s1. The SMILES string of the molecule is Cc1ccc(C(=O)N[C@H]2C[C@@H]3CC[C@@]2(C)C3(C)C)cc1. The molecule has 0 radical (unpaired) electrons. The third-order valence-corrected chi connectivity index (χ3v) is 6.41. The van der Waals surface area contributed by atoms with Crippen molar-refractivity contribution < 1.29 is 4.79 Å². The van der Waals surface area contributed by atoms with Crippen LogP contribution in [0.5, 0.6) is 0 Å². The lowest BCUT2D eigenvalue weighted by Gasteiger charge is -2.39. The summed E-state index contributed by atoms with van der Waals surface area (Å²) in [5, 5.41) is 3.30. The van der Waals surface area contributed by atoms with Crippen LogP contribution < -0.4 is 5.32 Å². The Bertz CT molecular complexity index is 531. The average Bonchev–Trinajstić information content (AvgIpc) is 2.72. The van der Waals surface area contributed by atoms with Gasteiger partial charge in [0.1, 0.15) is 0 Å². The molecule has 0 aromatic heterocycles. The molecule has 2 saturated carbocycles. The summed E-state index contributed by atoms with van der Waals surface area (Å²) in [6, 6.07) is 8.17. The molecule has 0 unspecified atom stereocenters. The number of carbonyl (C=O) groups is 1. The van der Waals surface area contributed by atoms with Gasteiger partial charge in [-0.05, 0) is 55.1 Å². The van der Waals surface area contributed by atoms with E-state index in [0.717, 1.165) is 17.9 Å². The van der Waals surface area contributed by atoms with E-state index in [2.05, 4.69) is 26.1 Å². The zero-order valence-electron chi connectivity index (χ0n) is 13.0. The number of rotatable bonds is 2. The molecule has 2 fully saturated rings. The minimum Gasteiger partial charge on any atom is -0.349 e. The zero-order chi connectivity index (χ0) is 14.5. The molecule has 1 N–H and O–H groups in total. The number of hydrogen-bond acceptors (Lipinski definition) is 1. The lowest BCUT2D eigenvalue weighted by Crippen LogP contribution is -2.46. The Labute approximate surface area is 122 Å². The predicted molar refractivity (Wildman–Crippen MR) is 81.7 cm³/mol. The molecule has 2 aliphatic carbocycles. The highest BCUT2D eigenvalue weighted by atomic mass is 16.1.